The van der Waals surface area contributed by atoms with Gasteiger partial charge < -0.3 is 10.1 Å². The third-order valence-corrected chi connectivity index (χ3v) is 4.41. The Morgan fingerprint density at radius 3 is 2.29 bits per heavy atom. The zero-order valence-electron chi connectivity index (χ0n) is 14.5. The molecule has 0 aromatic heterocycles. The maximum Gasteiger partial charge on any atom is 0.230 e. The molecule has 0 bridgehead atoms. The summed E-state index contributed by atoms with van der Waals surface area (Å²) in [6.07, 6.45) is 0.168. The molecule has 1 amide bonds. The lowest BCUT2D eigenvalue weighted by Gasteiger charge is -2.10. The molecule has 0 spiro atoms. The molecule has 0 atom stereocenters. The number of carbonyl (C=O) groups is 1. The molecule has 0 unspecified atom stereocenters. The van der Waals surface area contributed by atoms with Crippen LogP contribution in [0, 0.1) is 6.92 Å². The van der Waals surface area contributed by atoms with E-state index in [0.717, 1.165) is 17.1 Å². The number of amides is 1. The molecule has 1 N–H and O–H groups in total. The Balaban J connectivity index is 1.68. The first-order valence-corrected chi connectivity index (χ1v) is 9.34. The van der Waals surface area contributed by atoms with E-state index in [1.54, 1.807) is 11.8 Å². The van der Waals surface area contributed by atoms with E-state index in [-0.39, 0.29) is 12.0 Å². The normalized spacial score (nSPS) is 10.7. The summed E-state index contributed by atoms with van der Waals surface area (Å²) in [5.74, 6) is 2.25. The fraction of sp³-hybridized carbons (Fsp3) is 0.350. The van der Waals surface area contributed by atoms with E-state index in [2.05, 4.69) is 36.5 Å². The van der Waals surface area contributed by atoms with Gasteiger partial charge in [-0.05, 0) is 44.0 Å². The smallest absolute Gasteiger partial charge is 0.230 e. The fourth-order valence-electron chi connectivity index (χ4n) is 2.16. The van der Waals surface area contributed by atoms with Gasteiger partial charge in [-0.3, -0.25) is 4.79 Å². The molecule has 24 heavy (non-hydrogen) atoms. The highest BCUT2D eigenvalue weighted by Crippen LogP contribution is 2.14. The van der Waals surface area contributed by atoms with Crippen LogP contribution in [-0.4, -0.2) is 17.8 Å². The number of aryl methyl sites for hydroxylation is 1. The average Bonchev–Trinajstić information content (AvgIpc) is 2.55. The summed E-state index contributed by atoms with van der Waals surface area (Å²) in [6, 6.07) is 16.3. The molecule has 0 saturated carbocycles. The van der Waals surface area contributed by atoms with Gasteiger partial charge in [-0.15, -0.1) is 11.8 Å². The maximum absolute atomic E-state index is 11.9. The van der Waals surface area contributed by atoms with Crippen molar-refractivity contribution in [2.45, 2.75) is 39.2 Å². The predicted octanol–water partition coefficient (Wildman–Crippen LogP) is 4.33. The first-order valence-electron chi connectivity index (χ1n) is 8.18. The van der Waals surface area contributed by atoms with E-state index < -0.39 is 0 Å². The van der Waals surface area contributed by atoms with Crippen LogP contribution in [0.25, 0.3) is 0 Å². The number of hydrogen-bond donors (Lipinski definition) is 1. The SMILES string of the molecule is Cc1ccc(CSCC(=O)NCc2ccc(OC(C)C)cc2)cc1. The van der Waals surface area contributed by atoms with Crippen LogP contribution >= 0.6 is 11.8 Å². The van der Waals surface area contributed by atoms with Gasteiger partial charge in [0.05, 0.1) is 11.9 Å². The van der Waals surface area contributed by atoms with Crippen molar-refractivity contribution in [1.82, 2.24) is 5.32 Å². The Morgan fingerprint density at radius 2 is 1.67 bits per heavy atom. The zero-order valence-corrected chi connectivity index (χ0v) is 15.4. The number of hydrogen-bond acceptors (Lipinski definition) is 3. The molecule has 3 nitrogen and oxygen atoms in total. The third kappa shape index (κ3) is 6.67. The summed E-state index contributed by atoms with van der Waals surface area (Å²) in [6.45, 7) is 6.63. The van der Waals surface area contributed by atoms with Crippen molar-refractivity contribution >= 4 is 17.7 Å². The number of benzene rings is 2. The molecule has 0 aliphatic heterocycles. The zero-order chi connectivity index (χ0) is 17.4. The minimum atomic E-state index is 0.0645. The highest BCUT2D eigenvalue weighted by atomic mass is 32.2. The van der Waals surface area contributed by atoms with Crippen LogP contribution in [0.1, 0.15) is 30.5 Å². The Morgan fingerprint density at radius 1 is 1.04 bits per heavy atom. The van der Waals surface area contributed by atoms with Crippen LogP contribution in [0.15, 0.2) is 48.5 Å². The molecule has 128 valence electrons. The van der Waals surface area contributed by atoms with Gasteiger partial charge in [0.25, 0.3) is 0 Å². The number of nitrogens with one attached hydrogen (secondary N) is 1. The Bertz CT molecular complexity index is 636. The molecule has 2 rings (SSSR count). The van der Waals surface area contributed by atoms with E-state index >= 15 is 0 Å². The van der Waals surface area contributed by atoms with Gasteiger partial charge in [0.15, 0.2) is 0 Å². The van der Waals surface area contributed by atoms with E-state index in [1.807, 2.05) is 38.1 Å². The van der Waals surface area contributed by atoms with Gasteiger partial charge in [0.2, 0.25) is 5.91 Å². The molecule has 0 saturated heterocycles. The monoisotopic (exact) mass is 343 g/mol. The second kappa shape index (κ2) is 9.38. The topological polar surface area (TPSA) is 38.3 Å². The molecule has 2 aromatic rings. The molecule has 0 fully saturated rings. The average molecular weight is 343 g/mol. The van der Waals surface area contributed by atoms with Crippen molar-refractivity contribution in [1.29, 1.82) is 0 Å². The number of carbonyl (C=O) groups excluding carboxylic acids is 1. The first kappa shape index (κ1) is 18.4. The van der Waals surface area contributed by atoms with Crippen LogP contribution in [0.2, 0.25) is 0 Å². The summed E-state index contributed by atoms with van der Waals surface area (Å²) in [5, 5.41) is 2.95. The molecule has 0 aliphatic carbocycles. The summed E-state index contributed by atoms with van der Waals surface area (Å²) >= 11 is 1.63. The molecule has 4 heteroatoms. The van der Waals surface area contributed by atoms with Crippen molar-refractivity contribution in [3.8, 4) is 5.75 Å². The van der Waals surface area contributed by atoms with Crippen LogP contribution in [-0.2, 0) is 17.1 Å². The second-order valence-corrected chi connectivity index (χ2v) is 7.05. The largest absolute Gasteiger partial charge is 0.491 e. The summed E-state index contributed by atoms with van der Waals surface area (Å²) < 4.78 is 5.61. The number of thioether (sulfide) groups is 1. The van der Waals surface area contributed by atoms with Crippen LogP contribution in [0.5, 0.6) is 5.75 Å². The summed E-state index contributed by atoms with van der Waals surface area (Å²) in [4.78, 5) is 11.9. The fourth-order valence-corrected chi connectivity index (χ4v) is 2.97. The Kier molecular flexibility index (Phi) is 7.19. The van der Waals surface area contributed by atoms with Gasteiger partial charge in [0, 0.05) is 12.3 Å². The van der Waals surface area contributed by atoms with Crippen LogP contribution < -0.4 is 10.1 Å². The number of rotatable bonds is 8. The van der Waals surface area contributed by atoms with Gasteiger partial charge in [0.1, 0.15) is 5.75 Å². The lowest BCUT2D eigenvalue weighted by molar-refractivity contribution is -0.118. The third-order valence-electron chi connectivity index (χ3n) is 3.41. The maximum atomic E-state index is 11.9. The minimum Gasteiger partial charge on any atom is -0.491 e. The van der Waals surface area contributed by atoms with Crippen molar-refractivity contribution < 1.29 is 9.53 Å². The molecule has 0 heterocycles. The van der Waals surface area contributed by atoms with Gasteiger partial charge in [-0.25, -0.2) is 0 Å². The van der Waals surface area contributed by atoms with Crippen molar-refractivity contribution in [2.75, 3.05) is 5.75 Å². The van der Waals surface area contributed by atoms with Gasteiger partial charge in [-0.1, -0.05) is 42.0 Å². The van der Waals surface area contributed by atoms with Crippen molar-refractivity contribution in [3.63, 3.8) is 0 Å². The van der Waals surface area contributed by atoms with E-state index in [1.165, 1.54) is 11.1 Å². The lowest BCUT2D eigenvalue weighted by Crippen LogP contribution is -2.24. The van der Waals surface area contributed by atoms with Crippen LogP contribution in [0.3, 0.4) is 0 Å². The van der Waals surface area contributed by atoms with Crippen molar-refractivity contribution in [2.24, 2.45) is 0 Å². The highest BCUT2D eigenvalue weighted by molar-refractivity contribution is 7.99. The van der Waals surface area contributed by atoms with E-state index in [0.29, 0.717) is 12.3 Å². The number of ether oxygens (including phenoxy) is 1. The lowest BCUT2D eigenvalue weighted by atomic mass is 10.2. The Hall–Kier alpha value is -1.94. The van der Waals surface area contributed by atoms with Crippen molar-refractivity contribution in [3.05, 3.63) is 65.2 Å². The van der Waals surface area contributed by atoms with E-state index in [9.17, 15) is 4.79 Å². The van der Waals surface area contributed by atoms with Gasteiger partial charge in [-0.2, -0.15) is 0 Å². The van der Waals surface area contributed by atoms with Crippen LogP contribution in [0.4, 0.5) is 0 Å². The Labute approximate surface area is 148 Å². The quantitative estimate of drug-likeness (QED) is 0.775. The molecule has 0 aliphatic rings. The standard InChI is InChI=1S/C20H25NO2S/c1-15(2)23-19-10-8-17(9-11-19)12-21-20(22)14-24-13-18-6-4-16(3)5-7-18/h4-11,15H,12-14H2,1-3H3,(H,21,22). The summed E-state index contributed by atoms with van der Waals surface area (Å²) in [7, 11) is 0. The second-order valence-electron chi connectivity index (χ2n) is 6.07. The van der Waals surface area contributed by atoms with Gasteiger partial charge >= 0.3 is 0 Å². The molecular formula is C20H25NO2S. The minimum absolute atomic E-state index is 0.0645. The molecule has 0 radical (unpaired) electrons. The van der Waals surface area contributed by atoms with E-state index in [4.69, 9.17) is 4.74 Å². The first-order chi connectivity index (χ1) is 11.5. The molecule has 2 aromatic carbocycles. The highest BCUT2D eigenvalue weighted by Gasteiger charge is 2.03. The predicted molar refractivity (Wildman–Crippen MR) is 101 cm³/mol. The molecular weight excluding hydrogens is 318 g/mol. The summed E-state index contributed by atoms with van der Waals surface area (Å²) in [5.41, 5.74) is 3.58.